The first kappa shape index (κ1) is 15.0. The minimum atomic E-state index is -0.187. The van der Waals surface area contributed by atoms with Crippen LogP contribution in [0.15, 0.2) is 30.3 Å². The van der Waals surface area contributed by atoms with Crippen molar-refractivity contribution in [3.8, 4) is 0 Å². The zero-order valence-corrected chi connectivity index (χ0v) is 13.1. The Kier molecular flexibility index (Phi) is 5.15. The number of halogens is 1. The molecule has 1 aromatic carbocycles. The molecule has 0 radical (unpaired) electrons. The summed E-state index contributed by atoms with van der Waals surface area (Å²) in [6.45, 7) is 6.97. The second-order valence-corrected chi connectivity index (χ2v) is 6.16. The molecule has 0 aliphatic heterocycles. The number of nitrogens with one attached hydrogen (secondary N) is 1. The van der Waals surface area contributed by atoms with Crippen molar-refractivity contribution in [1.82, 2.24) is 5.32 Å². The van der Waals surface area contributed by atoms with E-state index < -0.39 is 0 Å². The number of nitrogens with zero attached hydrogens (tertiary/aromatic N) is 1. The topological polar surface area (TPSA) is 15.3 Å². The Hall–Kier alpha value is -1.39. The summed E-state index contributed by atoms with van der Waals surface area (Å²) < 4.78 is 13.0. The molecule has 0 saturated carbocycles. The fourth-order valence-corrected chi connectivity index (χ4v) is 3.31. The summed E-state index contributed by atoms with van der Waals surface area (Å²) in [4.78, 5) is 4.98. The summed E-state index contributed by atoms with van der Waals surface area (Å²) in [5.41, 5.74) is 2.42. The summed E-state index contributed by atoms with van der Waals surface area (Å²) in [6.07, 6.45) is 0. The van der Waals surface area contributed by atoms with Gasteiger partial charge in [0.2, 0.25) is 0 Å². The minimum absolute atomic E-state index is 0.187. The summed E-state index contributed by atoms with van der Waals surface area (Å²) in [7, 11) is 1.96. The number of rotatable bonds is 6. The third-order valence-corrected chi connectivity index (χ3v) is 4.45. The van der Waals surface area contributed by atoms with Gasteiger partial charge in [0, 0.05) is 35.1 Å². The zero-order valence-electron chi connectivity index (χ0n) is 12.2. The first-order chi connectivity index (χ1) is 9.63. The number of hydrogen-bond donors (Lipinski definition) is 1. The van der Waals surface area contributed by atoms with Crippen LogP contribution < -0.4 is 10.2 Å². The first-order valence-electron chi connectivity index (χ1n) is 6.87. The van der Waals surface area contributed by atoms with Crippen LogP contribution in [0, 0.1) is 12.7 Å². The average Bonchev–Trinajstić information content (AvgIpc) is 2.78. The minimum Gasteiger partial charge on any atom is -0.367 e. The normalized spacial score (nSPS) is 10.8. The van der Waals surface area contributed by atoms with Crippen LogP contribution in [0.2, 0.25) is 0 Å². The van der Waals surface area contributed by atoms with Gasteiger partial charge in [0.1, 0.15) is 5.82 Å². The van der Waals surface area contributed by atoms with Crippen LogP contribution in [0.4, 0.5) is 10.1 Å². The van der Waals surface area contributed by atoms with Crippen molar-refractivity contribution in [2.75, 3.05) is 18.5 Å². The molecule has 2 rings (SSSR count). The van der Waals surface area contributed by atoms with Crippen molar-refractivity contribution in [3.63, 3.8) is 0 Å². The van der Waals surface area contributed by atoms with Crippen LogP contribution in [0.3, 0.4) is 0 Å². The Balaban J connectivity index is 2.15. The molecule has 1 N–H and O–H groups in total. The van der Waals surface area contributed by atoms with E-state index in [4.69, 9.17) is 0 Å². The standard InChI is InChI=1S/C16H21FN2S/c1-4-19(15-7-5-14(17)6-8-15)11-13-9-16(10-18-3)20-12(13)2/h5-9,18H,4,10-11H2,1-3H3. The van der Waals surface area contributed by atoms with Crippen molar-refractivity contribution in [1.29, 1.82) is 0 Å². The van der Waals surface area contributed by atoms with E-state index in [2.05, 4.69) is 30.1 Å². The van der Waals surface area contributed by atoms with E-state index in [9.17, 15) is 4.39 Å². The van der Waals surface area contributed by atoms with Gasteiger partial charge in [-0.1, -0.05) is 0 Å². The molecule has 0 saturated heterocycles. The monoisotopic (exact) mass is 292 g/mol. The molecule has 2 aromatic rings. The van der Waals surface area contributed by atoms with Gasteiger partial charge in [0.05, 0.1) is 0 Å². The quantitative estimate of drug-likeness (QED) is 0.867. The lowest BCUT2D eigenvalue weighted by Crippen LogP contribution is -2.22. The highest BCUT2D eigenvalue weighted by Crippen LogP contribution is 2.25. The summed E-state index contributed by atoms with van der Waals surface area (Å²) in [6, 6.07) is 8.99. The molecule has 20 heavy (non-hydrogen) atoms. The Morgan fingerprint density at radius 1 is 1.25 bits per heavy atom. The van der Waals surface area contributed by atoms with Crippen LogP contribution in [0.5, 0.6) is 0 Å². The van der Waals surface area contributed by atoms with Gasteiger partial charge < -0.3 is 10.2 Å². The van der Waals surface area contributed by atoms with Gasteiger partial charge in [0.15, 0.2) is 0 Å². The van der Waals surface area contributed by atoms with Crippen molar-refractivity contribution in [2.24, 2.45) is 0 Å². The third-order valence-electron chi connectivity index (χ3n) is 3.36. The molecule has 0 unspecified atom stereocenters. The van der Waals surface area contributed by atoms with Crippen LogP contribution in [-0.4, -0.2) is 13.6 Å². The fraction of sp³-hybridized carbons (Fsp3) is 0.375. The molecular weight excluding hydrogens is 271 g/mol. The van der Waals surface area contributed by atoms with Gasteiger partial charge in [-0.2, -0.15) is 0 Å². The van der Waals surface area contributed by atoms with Crippen LogP contribution >= 0.6 is 11.3 Å². The largest absolute Gasteiger partial charge is 0.367 e. The highest BCUT2D eigenvalue weighted by molar-refractivity contribution is 7.12. The summed E-state index contributed by atoms with van der Waals surface area (Å²) >= 11 is 1.84. The molecule has 0 amide bonds. The summed E-state index contributed by atoms with van der Waals surface area (Å²) in [5.74, 6) is -0.187. The van der Waals surface area contributed by atoms with Gasteiger partial charge in [-0.15, -0.1) is 11.3 Å². The van der Waals surface area contributed by atoms with Gasteiger partial charge in [-0.25, -0.2) is 4.39 Å². The van der Waals surface area contributed by atoms with Gasteiger partial charge in [-0.05, 0) is 56.8 Å². The molecule has 0 bridgehead atoms. The third kappa shape index (κ3) is 3.58. The number of hydrogen-bond acceptors (Lipinski definition) is 3. The van der Waals surface area contributed by atoms with Gasteiger partial charge in [0.25, 0.3) is 0 Å². The molecule has 0 aliphatic carbocycles. The molecule has 0 fully saturated rings. The average molecular weight is 292 g/mol. The van der Waals surface area contributed by atoms with Crippen molar-refractivity contribution in [3.05, 3.63) is 51.5 Å². The number of benzene rings is 1. The summed E-state index contributed by atoms with van der Waals surface area (Å²) in [5, 5.41) is 3.18. The van der Waals surface area contributed by atoms with Crippen molar-refractivity contribution in [2.45, 2.75) is 26.9 Å². The highest BCUT2D eigenvalue weighted by Gasteiger charge is 2.10. The van der Waals surface area contributed by atoms with E-state index in [-0.39, 0.29) is 5.82 Å². The Morgan fingerprint density at radius 2 is 1.95 bits per heavy atom. The first-order valence-corrected chi connectivity index (χ1v) is 7.69. The zero-order chi connectivity index (χ0) is 14.5. The maximum absolute atomic E-state index is 13.0. The Bertz CT molecular complexity index is 548. The maximum Gasteiger partial charge on any atom is 0.123 e. The predicted octanol–water partition coefficient (Wildman–Crippen LogP) is 3.94. The lowest BCUT2D eigenvalue weighted by Gasteiger charge is -2.23. The van der Waals surface area contributed by atoms with Crippen LogP contribution in [0.1, 0.15) is 22.2 Å². The lowest BCUT2D eigenvalue weighted by molar-refractivity contribution is 0.627. The van der Waals surface area contributed by atoms with E-state index >= 15 is 0 Å². The lowest BCUT2D eigenvalue weighted by atomic mass is 10.2. The molecule has 4 heteroatoms. The van der Waals surface area contributed by atoms with Gasteiger partial charge >= 0.3 is 0 Å². The van der Waals surface area contributed by atoms with Crippen LogP contribution in [0.25, 0.3) is 0 Å². The van der Waals surface area contributed by atoms with E-state index in [1.165, 1.54) is 27.5 Å². The molecule has 0 aliphatic rings. The number of anilines is 1. The Labute approximate surface area is 124 Å². The number of aryl methyl sites for hydroxylation is 1. The fourth-order valence-electron chi connectivity index (χ4n) is 2.25. The van der Waals surface area contributed by atoms with E-state index in [0.717, 1.165) is 25.3 Å². The van der Waals surface area contributed by atoms with Crippen molar-refractivity contribution < 1.29 is 4.39 Å². The molecule has 0 spiro atoms. The second-order valence-electron chi connectivity index (χ2n) is 4.82. The molecule has 108 valence electrons. The van der Waals surface area contributed by atoms with Crippen LogP contribution in [-0.2, 0) is 13.1 Å². The Morgan fingerprint density at radius 3 is 2.55 bits per heavy atom. The molecule has 2 nitrogen and oxygen atoms in total. The molecular formula is C16H21FN2S. The smallest absolute Gasteiger partial charge is 0.123 e. The second kappa shape index (κ2) is 6.86. The van der Waals surface area contributed by atoms with E-state index in [1.54, 1.807) is 0 Å². The van der Waals surface area contributed by atoms with Crippen molar-refractivity contribution >= 4 is 17.0 Å². The van der Waals surface area contributed by atoms with Gasteiger partial charge in [-0.3, -0.25) is 0 Å². The predicted molar refractivity (Wildman–Crippen MR) is 84.9 cm³/mol. The SMILES string of the molecule is CCN(Cc1cc(CNC)sc1C)c1ccc(F)cc1. The highest BCUT2D eigenvalue weighted by atomic mass is 32.1. The number of thiophene rings is 1. The van der Waals surface area contributed by atoms with E-state index in [1.807, 2.05) is 30.5 Å². The molecule has 1 aromatic heterocycles. The van der Waals surface area contributed by atoms with E-state index in [0.29, 0.717) is 0 Å². The maximum atomic E-state index is 13.0. The molecule has 0 atom stereocenters. The molecule has 1 heterocycles.